The Balaban J connectivity index is 0.000000962. The van der Waals surface area contributed by atoms with Crippen molar-refractivity contribution in [3.05, 3.63) is 124 Å². The highest BCUT2D eigenvalue weighted by atomic mass is 35.5. The molecule has 6 rings (SSSR count). The maximum atomic E-state index is 15.1. The normalized spacial score (nSPS) is 12.5. The van der Waals surface area contributed by atoms with Crippen molar-refractivity contribution in [2.45, 2.75) is 32.5 Å². The molecule has 2 N–H and O–H groups in total. The summed E-state index contributed by atoms with van der Waals surface area (Å²) >= 11 is 5.78. The Hall–Kier alpha value is -5.60. The first kappa shape index (κ1) is 37.7. The number of rotatable bonds is 11. The zero-order chi connectivity index (χ0) is 36.9. The molecule has 0 saturated carbocycles. The first-order chi connectivity index (χ1) is 25.2. The number of methoxy groups -OCH3 is 1. The Morgan fingerprint density at radius 1 is 0.865 bits per heavy atom. The van der Waals surface area contributed by atoms with Crippen LogP contribution in [-0.2, 0) is 29.2 Å². The van der Waals surface area contributed by atoms with Gasteiger partial charge in [-0.2, -0.15) is 0 Å². The highest BCUT2D eigenvalue weighted by Crippen LogP contribution is 2.27. The minimum atomic E-state index is -0.828. The van der Waals surface area contributed by atoms with Gasteiger partial charge in [-0.25, -0.2) is 18.2 Å². The number of amidine groups is 1. The molecule has 0 unspecified atom stereocenters. The van der Waals surface area contributed by atoms with E-state index < -0.39 is 29.8 Å². The standard InChI is InChI=1S/C33H27ClF3N5O5.C4H8O/c1-38-33(29-16-32(42-47-29)45-17-19-6-10-23(44-2)11-7-19)41-40-30(43)13-21-12-27(37)24(15-26(21)36)28-4-3-5-31(39-28)46-18-20-8-9-22(34)14-25(20)35;1-2-4-5-3-1/h3-12,14-16H,13,17-18H2,1-2H3,(H,38,41)(H,40,43);1-4H2. The van der Waals surface area contributed by atoms with E-state index in [1.807, 2.05) is 12.1 Å². The van der Waals surface area contributed by atoms with Gasteiger partial charge >= 0.3 is 0 Å². The van der Waals surface area contributed by atoms with E-state index >= 15 is 8.78 Å². The van der Waals surface area contributed by atoms with Crippen LogP contribution >= 0.6 is 11.6 Å². The Bertz CT molecular complexity index is 1980. The number of hydrogen-bond acceptors (Lipinski definition) is 9. The van der Waals surface area contributed by atoms with Crippen LogP contribution in [0.15, 0.2) is 88.4 Å². The van der Waals surface area contributed by atoms with Crippen LogP contribution in [0, 0.1) is 17.5 Å². The zero-order valence-corrected chi connectivity index (χ0v) is 29.0. The van der Waals surface area contributed by atoms with Gasteiger partial charge in [-0.1, -0.05) is 35.9 Å². The van der Waals surface area contributed by atoms with Gasteiger partial charge < -0.3 is 23.5 Å². The molecule has 0 bridgehead atoms. The van der Waals surface area contributed by atoms with Crippen molar-refractivity contribution in [1.82, 2.24) is 21.0 Å². The molecule has 1 saturated heterocycles. The molecule has 0 aliphatic carbocycles. The highest BCUT2D eigenvalue weighted by molar-refractivity contribution is 6.30. The molecule has 5 aromatic rings. The number of pyridine rings is 1. The minimum Gasteiger partial charge on any atom is -0.497 e. The topological polar surface area (TPSA) is 129 Å². The third kappa shape index (κ3) is 10.7. The van der Waals surface area contributed by atoms with Crippen molar-refractivity contribution in [2.24, 2.45) is 4.99 Å². The molecule has 3 heterocycles. The number of aromatic nitrogens is 2. The number of hydrogen-bond donors (Lipinski definition) is 2. The Morgan fingerprint density at radius 3 is 2.31 bits per heavy atom. The van der Waals surface area contributed by atoms with Crippen molar-refractivity contribution in [1.29, 1.82) is 0 Å². The van der Waals surface area contributed by atoms with Crippen molar-refractivity contribution < 1.29 is 41.4 Å². The lowest BCUT2D eigenvalue weighted by Gasteiger charge is -2.11. The summed E-state index contributed by atoms with van der Waals surface area (Å²) in [5.74, 6) is -1.62. The van der Waals surface area contributed by atoms with Gasteiger partial charge in [0.1, 0.15) is 36.4 Å². The molecular formula is C37H35ClF3N5O6. The smallest absolute Gasteiger partial charge is 0.255 e. The summed E-state index contributed by atoms with van der Waals surface area (Å²) in [6.07, 6.45) is 2.06. The molecule has 1 aliphatic heterocycles. The molecule has 15 heteroatoms. The van der Waals surface area contributed by atoms with Crippen LogP contribution in [0.5, 0.6) is 17.5 Å². The largest absolute Gasteiger partial charge is 0.497 e. The number of amides is 1. The van der Waals surface area contributed by atoms with Crippen LogP contribution in [0.4, 0.5) is 13.2 Å². The van der Waals surface area contributed by atoms with Gasteiger partial charge in [-0.05, 0) is 66.0 Å². The van der Waals surface area contributed by atoms with Crippen molar-refractivity contribution >= 4 is 23.3 Å². The molecule has 11 nitrogen and oxygen atoms in total. The summed E-state index contributed by atoms with van der Waals surface area (Å²) in [5.41, 5.74) is 5.83. The SMILES string of the molecule is C1CCOC1.CN=C(NNC(=O)Cc1cc(F)c(-c2cccc(OCc3ccc(Cl)cc3F)n2)cc1F)c1cc(OCc2ccc(OC)cc2)no1. The molecule has 1 fully saturated rings. The fourth-order valence-corrected chi connectivity index (χ4v) is 4.92. The third-order valence-corrected chi connectivity index (χ3v) is 7.75. The number of carbonyl (C=O) groups excluding carboxylic acids is 1. The van der Waals surface area contributed by atoms with E-state index in [9.17, 15) is 9.18 Å². The third-order valence-electron chi connectivity index (χ3n) is 7.52. The summed E-state index contributed by atoms with van der Waals surface area (Å²) in [6, 6.07) is 19.3. The molecular weight excluding hydrogens is 703 g/mol. The summed E-state index contributed by atoms with van der Waals surface area (Å²) in [4.78, 5) is 20.8. The number of benzene rings is 3. The Kier molecular flexibility index (Phi) is 13.5. The van der Waals surface area contributed by atoms with Gasteiger partial charge in [-0.15, -0.1) is 0 Å². The number of nitrogens with one attached hydrogen (secondary N) is 2. The van der Waals surface area contributed by atoms with E-state index in [-0.39, 0.29) is 64.0 Å². The molecule has 0 radical (unpaired) electrons. The van der Waals surface area contributed by atoms with Gasteiger partial charge in [0.05, 0.1) is 25.3 Å². The molecule has 52 heavy (non-hydrogen) atoms. The molecule has 0 spiro atoms. The lowest BCUT2D eigenvalue weighted by molar-refractivity contribution is -0.121. The van der Waals surface area contributed by atoms with Gasteiger partial charge in [0.15, 0.2) is 5.84 Å². The summed E-state index contributed by atoms with van der Waals surface area (Å²) in [5, 5.41) is 4.08. The quantitative estimate of drug-likeness (QED) is 0.0836. The second-order valence-corrected chi connectivity index (χ2v) is 11.7. The van der Waals surface area contributed by atoms with E-state index in [2.05, 4.69) is 26.0 Å². The van der Waals surface area contributed by atoms with E-state index in [1.165, 1.54) is 56.3 Å². The average molecular weight is 738 g/mol. The van der Waals surface area contributed by atoms with Crippen LogP contribution in [-0.4, -0.2) is 49.3 Å². The van der Waals surface area contributed by atoms with Gasteiger partial charge in [0.2, 0.25) is 17.5 Å². The predicted molar refractivity (Wildman–Crippen MR) is 187 cm³/mol. The first-order valence-electron chi connectivity index (χ1n) is 16.1. The number of carbonyl (C=O) groups is 1. The zero-order valence-electron chi connectivity index (χ0n) is 28.3. The second-order valence-electron chi connectivity index (χ2n) is 11.2. The Morgan fingerprint density at radius 2 is 1.62 bits per heavy atom. The molecule has 2 aromatic heterocycles. The summed E-state index contributed by atoms with van der Waals surface area (Å²) < 4.78 is 70.8. The molecule has 3 aromatic carbocycles. The fraction of sp³-hybridized carbons (Fsp3) is 0.243. The van der Waals surface area contributed by atoms with E-state index in [4.69, 9.17) is 35.1 Å². The average Bonchev–Trinajstić information content (AvgIpc) is 3.89. The summed E-state index contributed by atoms with van der Waals surface area (Å²) in [7, 11) is 3.03. The van der Waals surface area contributed by atoms with Gasteiger partial charge in [0.25, 0.3) is 5.88 Å². The lowest BCUT2D eigenvalue weighted by Crippen LogP contribution is -2.42. The van der Waals surface area contributed by atoms with Crippen LogP contribution in [0.25, 0.3) is 11.3 Å². The highest BCUT2D eigenvalue weighted by Gasteiger charge is 2.18. The maximum absolute atomic E-state index is 15.1. The van der Waals surface area contributed by atoms with E-state index in [1.54, 1.807) is 19.2 Å². The predicted octanol–water partition coefficient (Wildman–Crippen LogP) is 7.01. The van der Waals surface area contributed by atoms with Gasteiger partial charge in [0, 0.05) is 48.0 Å². The Labute approximate surface area is 302 Å². The van der Waals surface area contributed by atoms with E-state index in [0.29, 0.717) is 0 Å². The van der Waals surface area contributed by atoms with Crippen molar-refractivity contribution in [3.8, 4) is 28.8 Å². The lowest BCUT2D eigenvalue weighted by atomic mass is 10.0. The number of halogens is 4. The second kappa shape index (κ2) is 18.6. The van der Waals surface area contributed by atoms with E-state index in [0.717, 1.165) is 42.7 Å². The molecule has 272 valence electrons. The van der Waals surface area contributed by atoms with Crippen LogP contribution in [0.2, 0.25) is 5.02 Å². The number of nitrogens with zero attached hydrogens (tertiary/aromatic N) is 3. The first-order valence-corrected chi connectivity index (χ1v) is 16.4. The molecule has 1 amide bonds. The minimum absolute atomic E-state index is 0.0715. The van der Waals surface area contributed by atoms with Crippen molar-refractivity contribution in [3.63, 3.8) is 0 Å². The molecule has 0 atom stereocenters. The number of aliphatic imine (C=N–C) groups is 1. The maximum Gasteiger partial charge on any atom is 0.255 e. The van der Waals surface area contributed by atoms with Crippen LogP contribution in [0.1, 0.15) is 35.3 Å². The monoisotopic (exact) mass is 737 g/mol. The number of ether oxygens (including phenoxy) is 4. The fourth-order valence-electron chi connectivity index (χ4n) is 4.76. The van der Waals surface area contributed by atoms with Crippen molar-refractivity contribution in [2.75, 3.05) is 27.4 Å². The number of hydrazine groups is 1. The summed E-state index contributed by atoms with van der Waals surface area (Å²) in [6.45, 7) is 2.07. The molecule has 1 aliphatic rings. The van der Waals surface area contributed by atoms with Crippen LogP contribution in [0.3, 0.4) is 0 Å². The van der Waals surface area contributed by atoms with Crippen LogP contribution < -0.4 is 25.1 Å². The van der Waals surface area contributed by atoms with Gasteiger partial charge in [-0.3, -0.25) is 20.6 Å².